The van der Waals surface area contributed by atoms with Gasteiger partial charge in [-0.15, -0.1) is 0 Å². The lowest BCUT2D eigenvalue weighted by Crippen LogP contribution is -2.21. The van der Waals surface area contributed by atoms with Crippen LogP contribution >= 0.6 is 18.9 Å². The van der Waals surface area contributed by atoms with Crippen LogP contribution in [0.25, 0.3) is 0 Å². The highest BCUT2D eigenvalue weighted by atomic mass is 35.5. The van der Waals surface area contributed by atoms with E-state index in [0.717, 1.165) is 29.1 Å². The van der Waals surface area contributed by atoms with Crippen LogP contribution in [0, 0.1) is 13.8 Å². The molecule has 0 unspecified atom stereocenters. The molecule has 106 valence electrons. The van der Waals surface area contributed by atoms with E-state index in [-0.39, 0.29) is 5.91 Å². The normalized spacial score (nSPS) is 11.5. The second-order valence-electron chi connectivity index (χ2n) is 5.37. The Morgan fingerprint density at radius 3 is 2.11 bits per heavy atom. The minimum absolute atomic E-state index is 0.132. The summed E-state index contributed by atoms with van der Waals surface area (Å²) in [5, 5.41) is 3.78. The molecule has 0 aromatic heterocycles. The highest BCUT2D eigenvalue weighted by molar-refractivity contribution is 7.75. The molecule has 0 heterocycles. The summed E-state index contributed by atoms with van der Waals surface area (Å²) in [6.45, 7) is 10.6. The Kier molecular flexibility index (Phi) is 5.82. The fraction of sp³-hybridized carbons (Fsp3) is 0.533. The average Bonchev–Trinajstić information content (AvgIpc) is 2.33. The SMILES string of the molecule is CC[P+](C)(CC)CC(=O)Nc1c(C)cc(Cl)cc1C. The second kappa shape index (κ2) is 6.72. The summed E-state index contributed by atoms with van der Waals surface area (Å²) in [4.78, 5) is 12.2. The van der Waals surface area contributed by atoms with E-state index in [9.17, 15) is 4.79 Å². The van der Waals surface area contributed by atoms with Crippen molar-refractivity contribution in [2.75, 3.05) is 30.5 Å². The van der Waals surface area contributed by atoms with Gasteiger partial charge in [-0.3, -0.25) is 4.79 Å². The lowest BCUT2D eigenvalue weighted by Gasteiger charge is -2.20. The zero-order chi connectivity index (χ0) is 14.6. The van der Waals surface area contributed by atoms with Crippen molar-refractivity contribution in [3.8, 4) is 0 Å². The molecule has 0 atom stereocenters. The monoisotopic (exact) mass is 300 g/mol. The molecule has 0 saturated carbocycles. The van der Waals surface area contributed by atoms with Gasteiger partial charge in [-0.25, -0.2) is 0 Å². The molecule has 1 aromatic carbocycles. The molecule has 1 rings (SSSR count). The van der Waals surface area contributed by atoms with Crippen molar-refractivity contribution >= 4 is 30.5 Å². The van der Waals surface area contributed by atoms with Gasteiger partial charge in [0.1, 0.15) is 6.16 Å². The van der Waals surface area contributed by atoms with Crippen molar-refractivity contribution in [2.45, 2.75) is 27.7 Å². The Hall–Kier alpha value is -0.590. The molecular weight excluding hydrogens is 277 g/mol. The fourth-order valence-electron chi connectivity index (χ4n) is 2.08. The van der Waals surface area contributed by atoms with Crippen LogP contribution in [0.1, 0.15) is 25.0 Å². The zero-order valence-corrected chi connectivity index (χ0v) is 14.2. The first-order valence-electron chi connectivity index (χ1n) is 6.71. The summed E-state index contributed by atoms with van der Waals surface area (Å²) in [6, 6.07) is 3.77. The number of benzene rings is 1. The van der Waals surface area contributed by atoms with Gasteiger partial charge in [-0.05, 0) is 51.0 Å². The van der Waals surface area contributed by atoms with Crippen molar-refractivity contribution in [3.05, 3.63) is 28.3 Å². The zero-order valence-electron chi connectivity index (χ0n) is 12.5. The van der Waals surface area contributed by atoms with Gasteiger partial charge in [0, 0.05) is 24.6 Å². The topological polar surface area (TPSA) is 29.1 Å². The third-order valence-electron chi connectivity index (χ3n) is 3.81. The maximum Gasteiger partial charge on any atom is 0.261 e. The largest absolute Gasteiger partial charge is 0.322 e. The molecule has 1 aromatic rings. The van der Waals surface area contributed by atoms with E-state index in [1.807, 2.05) is 26.0 Å². The van der Waals surface area contributed by atoms with Crippen LogP contribution < -0.4 is 5.32 Å². The van der Waals surface area contributed by atoms with Crippen LogP contribution in [-0.4, -0.2) is 31.1 Å². The molecule has 0 aliphatic rings. The number of nitrogens with one attached hydrogen (secondary N) is 1. The van der Waals surface area contributed by atoms with Crippen molar-refractivity contribution in [1.82, 2.24) is 0 Å². The number of amides is 1. The summed E-state index contributed by atoms with van der Waals surface area (Å²) in [7, 11) is -1.10. The van der Waals surface area contributed by atoms with E-state index in [0.29, 0.717) is 11.2 Å². The minimum Gasteiger partial charge on any atom is -0.322 e. The Morgan fingerprint density at radius 1 is 1.21 bits per heavy atom. The molecule has 0 aliphatic heterocycles. The molecule has 0 bridgehead atoms. The third kappa shape index (κ3) is 4.47. The summed E-state index contributed by atoms with van der Waals surface area (Å²) in [5.41, 5.74) is 2.95. The Bertz CT molecular complexity index is 446. The molecule has 19 heavy (non-hydrogen) atoms. The molecule has 1 N–H and O–H groups in total. The highest BCUT2D eigenvalue weighted by Crippen LogP contribution is 2.53. The van der Waals surface area contributed by atoms with Gasteiger partial charge in [-0.1, -0.05) is 11.6 Å². The standard InChI is InChI=1S/C15H23ClNOP/c1-6-19(5,7-2)10-14(18)17-15-11(3)8-13(16)9-12(15)4/h8-9H,6-7,10H2,1-5H3/p+1. The van der Waals surface area contributed by atoms with E-state index in [1.54, 1.807) is 0 Å². The summed E-state index contributed by atoms with van der Waals surface area (Å²) in [5.74, 6) is 0.132. The van der Waals surface area contributed by atoms with Gasteiger partial charge in [0.25, 0.3) is 5.91 Å². The van der Waals surface area contributed by atoms with Crippen molar-refractivity contribution in [3.63, 3.8) is 0 Å². The summed E-state index contributed by atoms with van der Waals surface area (Å²) >= 11 is 6.00. The molecular formula is C15H24ClNOP+. The molecule has 1 amide bonds. The lowest BCUT2D eigenvalue weighted by molar-refractivity contribution is -0.113. The van der Waals surface area contributed by atoms with E-state index in [2.05, 4.69) is 25.8 Å². The number of carbonyl (C=O) groups excluding carboxylic acids is 1. The van der Waals surface area contributed by atoms with E-state index < -0.39 is 7.26 Å². The van der Waals surface area contributed by atoms with Gasteiger partial charge < -0.3 is 5.32 Å². The van der Waals surface area contributed by atoms with Crippen molar-refractivity contribution in [2.24, 2.45) is 0 Å². The highest BCUT2D eigenvalue weighted by Gasteiger charge is 2.30. The van der Waals surface area contributed by atoms with Crippen LogP contribution in [-0.2, 0) is 4.79 Å². The molecule has 0 fully saturated rings. The first-order valence-corrected chi connectivity index (χ1v) is 9.88. The van der Waals surface area contributed by atoms with E-state index >= 15 is 0 Å². The van der Waals surface area contributed by atoms with Crippen LogP contribution in [0.4, 0.5) is 5.69 Å². The van der Waals surface area contributed by atoms with Gasteiger partial charge in [0.2, 0.25) is 0 Å². The summed E-state index contributed by atoms with van der Waals surface area (Å²) in [6.07, 6.45) is 2.91. The van der Waals surface area contributed by atoms with E-state index in [4.69, 9.17) is 11.6 Å². The predicted octanol–water partition coefficient (Wildman–Crippen LogP) is 4.58. The number of anilines is 1. The number of rotatable bonds is 5. The van der Waals surface area contributed by atoms with Gasteiger partial charge in [0.05, 0.1) is 12.3 Å². The van der Waals surface area contributed by atoms with Crippen LogP contribution in [0.3, 0.4) is 0 Å². The third-order valence-corrected chi connectivity index (χ3v) is 8.14. The molecule has 0 aliphatic carbocycles. The predicted molar refractivity (Wildman–Crippen MR) is 88.3 cm³/mol. The van der Waals surface area contributed by atoms with Crippen LogP contribution in [0.15, 0.2) is 12.1 Å². The van der Waals surface area contributed by atoms with Crippen molar-refractivity contribution < 1.29 is 4.79 Å². The quantitative estimate of drug-likeness (QED) is 0.792. The number of carbonyl (C=O) groups is 1. The van der Waals surface area contributed by atoms with E-state index in [1.165, 1.54) is 0 Å². The van der Waals surface area contributed by atoms with Crippen LogP contribution in [0.5, 0.6) is 0 Å². The van der Waals surface area contributed by atoms with Crippen LogP contribution in [0.2, 0.25) is 5.02 Å². The Morgan fingerprint density at radius 2 is 1.68 bits per heavy atom. The molecule has 2 nitrogen and oxygen atoms in total. The fourth-order valence-corrected chi connectivity index (χ4v) is 4.07. The number of hydrogen-bond acceptors (Lipinski definition) is 1. The first kappa shape index (κ1) is 16.5. The Labute approximate surface area is 122 Å². The van der Waals surface area contributed by atoms with Crippen molar-refractivity contribution in [1.29, 1.82) is 0 Å². The molecule has 0 radical (unpaired) electrons. The smallest absolute Gasteiger partial charge is 0.261 e. The number of hydrogen-bond donors (Lipinski definition) is 1. The van der Waals surface area contributed by atoms with Gasteiger partial charge in [-0.2, -0.15) is 0 Å². The molecule has 0 spiro atoms. The minimum atomic E-state index is -1.10. The first-order chi connectivity index (χ1) is 8.81. The Balaban J connectivity index is 2.84. The van der Waals surface area contributed by atoms with Gasteiger partial charge in [0.15, 0.2) is 0 Å². The number of halogens is 1. The van der Waals surface area contributed by atoms with Gasteiger partial charge >= 0.3 is 0 Å². The maximum atomic E-state index is 12.2. The maximum absolute atomic E-state index is 12.2. The molecule has 0 saturated heterocycles. The summed E-state index contributed by atoms with van der Waals surface area (Å²) < 4.78 is 0. The lowest BCUT2D eigenvalue weighted by atomic mass is 10.1. The molecule has 4 heteroatoms. The number of aryl methyl sites for hydroxylation is 2. The second-order valence-corrected chi connectivity index (χ2v) is 10.6. The average molecular weight is 301 g/mol.